The molecule has 2 aromatic heterocycles. The Morgan fingerprint density at radius 2 is 1.76 bits per heavy atom. The van der Waals surface area contributed by atoms with Gasteiger partial charge in [0.15, 0.2) is 5.82 Å². The van der Waals surface area contributed by atoms with Gasteiger partial charge in [0.25, 0.3) is 5.91 Å². The molecule has 2 amide bonds. The summed E-state index contributed by atoms with van der Waals surface area (Å²) < 4.78 is 14.8. The smallest absolute Gasteiger partial charge is 0.313 e. The first-order chi connectivity index (χ1) is 18.0. The van der Waals surface area contributed by atoms with Crippen molar-refractivity contribution in [2.45, 2.75) is 19.4 Å². The molecule has 0 saturated heterocycles. The number of pyridine rings is 1. The van der Waals surface area contributed by atoms with Gasteiger partial charge in [0.05, 0.1) is 17.9 Å². The second-order valence-electron chi connectivity index (χ2n) is 7.97. The first kappa shape index (κ1) is 25.4. The Kier molecular flexibility index (Phi) is 8.11. The Hall–Kier alpha value is -4.70. The number of benzene rings is 2. The van der Waals surface area contributed by atoms with Crippen LogP contribution >= 0.6 is 0 Å². The van der Waals surface area contributed by atoms with E-state index in [1.165, 1.54) is 35.1 Å². The average Bonchev–Trinajstić information content (AvgIpc) is 3.43. The molecule has 2 aromatic carbocycles. The lowest BCUT2D eigenvalue weighted by Gasteiger charge is -2.18. The first-order valence-electron chi connectivity index (χ1n) is 11.5. The van der Waals surface area contributed by atoms with Crippen LogP contribution in [-0.4, -0.2) is 45.0 Å². The number of ketones is 1. The second-order valence-corrected chi connectivity index (χ2v) is 7.97. The quantitative estimate of drug-likeness (QED) is 0.255. The van der Waals surface area contributed by atoms with E-state index in [0.717, 1.165) is 5.56 Å². The molecule has 0 aliphatic rings. The lowest BCUT2D eigenvalue weighted by atomic mass is 10.0. The first-order valence-corrected chi connectivity index (χ1v) is 11.5. The predicted octanol–water partition coefficient (Wildman–Crippen LogP) is 3.05. The monoisotopic (exact) mass is 501 g/mol. The highest BCUT2D eigenvalue weighted by Crippen LogP contribution is 2.19. The molecular weight excluding hydrogens is 477 g/mol. The van der Waals surface area contributed by atoms with Crippen LogP contribution in [-0.2, 0) is 20.8 Å². The van der Waals surface area contributed by atoms with Crippen LogP contribution in [0.15, 0.2) is 85.2 Å². The second kappa shape index (κ2) is 11.8. The molecule has 0 aliphatic heterocycles. The Balaban J connectivity index is 1.60. The molecule has 0 spiro atoms. The number of carbonyl (C=O) groups excluding carboxylic acids is 3. The van der Waals surface area contributed by atoms with E-state index in [-0.39, 0.29) is 24.4 Å². The molecule has 0 aliphatic carbocycles. The van der Waals surface area contributed by atoms with E-state index in [1.807, 2.05) is 35.8 Å². The zero-order valence-electron chi connectivity index (χ0n) is 19.9. The molecule has 0 radical (unpaired) electrons. The van der Waals surface area contributed by atoms with Crippen molar-refractivity contribution in [1.82, 2.24) is 25.6 Å². The lowest BCUT2D eigenvalue weighted by Crippen LogP contribution is -2.48. The standard InChI is InChI=1S/C27H24FN5O4/c1-2-37-32-27(36)24(34)23(17-18-10-12-20(28)13-11-18)30-26(35)21-9-6-15-29-25(21)33-16-14-22(31-33)19-7-4-3-5-8-19/h3-16,23H,2,17H2,1H3,(H,30,35)(H,32,36)/t23-/m0/s1. The number of aromatic nitrogens is 3. The van der Waals surface area contributed by atoms with E-state index < -0.39 is 29.5 Å². The van der Waals surface area contributed by atoms with Gasteiger partial charge >= 0.3 is 5.91 Å². The highest BCUT2D eigenvalue weighted by molar-refractivity contribution is 6.38. The highest BCUT2D eigenvalue weighted by atomic mass is 19.1. The van der Waals surface area contributed by atoms with Crippen LogP contribution in [0.2, 0.25) is 0 Å². The summed E-state index contributed by atoms with van der Waals surface area (Å²) in [5, 5.41) is 7.16. The number of hydrogen-bond acceptors (Lipinski definition) is 6. The van der Waals surface area contributed by atoms with Gasteiger partial charge in [-0.3, -0.25) is 19.2 Å². The highest BCUT2D eigenvalue weighted by Gasteiger charge is 2.29. The molecule has 37 heavy (non-hydrogen) atoms. The van der Waals surface area contributed by atoms with Gasteiger partial charge in [0.1, 0.15) is 11.9 Å². The van der Waals surface area contributed by atoms with Gasteiger partial charge in [-0.15, -0.1) is 0 Å². The summed E-state index contributed by atoms with van der Waals surface area (Å²) >= 11 is 0. The van der Waals surface area contributed by atoms with Crippen LogP contribution < -0.4 is 10.8 Å². The molecule has 0 saturated carbocycles. The molecule has 0 bridgehead atoms. The van der Waals surface area contributed by atoms with Crippen molar-refractivity contribution in [3.8, 4) is 17.1 Å². The molecule has 2 heterocycles. The van der Waals surface area contributed by atoms with Crippen LogP contribution in [0.3, 0.4) is 0 Å². The van der Waals surface area contributed by atoms with Crippen molar-refractivity contribution >= 4 is 17.6 Å². The predicted molar refractivity (Wildman–Crippen MR) is 133 cm³/mol. The van der Waals surface area contributed by atoms with Gasteiger partial charge in [-0.1, -0.05) is 42.5 Å². The third kappa shape index (κ3) is 6.30. The topological polar surface area (TPSA) is 115 Å². The van der Waals surface area contributed by atoms with Gasteiger partial charge in [-0.05, 0) is 42.8 Å². The van der Waals surface area contributed by atoms with Gasteiger partial charge < -0.3 is 5.32 Å². The van der Waals surface area contributed by atoms with E-state index in [9.17, 15) is 18.8 Å². The molecule has 0 unspecified atom stereocenters. The minimum atomic E-state index is -1.25. The number of rotatable bonds is 10. The largest absolute Gasteiger partial charge is 0.341 e. The van der Waals surface area contributed by atoms with Crippen LogP contribution in [0.5, 0.6) is 0 Å². The van der Waals surface area contributed by atoms with Crippen LogP contribution in [0.4, 0.5) is 4.39 Å². The number of Topliss-reactive ketones (excluding diaryl/α,β-unsaturated/α-hetero) is 1. The van der Waals surface area contributed by atoms with Gasteiger partial charge in [0, 0.05) is 24.4 Å². The Labute approximate surface area is 212 Å². The molecule has 2 N–H and O–H groups in total. The van der Waals surface area contributed by atoms with Crippen molar-refractivity contribution < 1.29 is 23.6 Å². The summed E-state index contributed by atoms with van der Waals surface area (Å²) in [5.74, 6) is -2.76. The lowest BCUT2D eigenvalue weighted by molar-refractivity contribution is -0.146. The summed E-state index contributed by atoms with van der Waals surface area (Å²) in [4.78, 5) is 47.7. The summed E-state index contributed by atoms with van der Waals surface area (Å²) in [7, 11) is 0. The fraction of sp³-hybridized carbons (Fsp3) is 0.148. The zero-order chi connectivity index (χ0) is 26.2. The molecule has 0 fully saturated rings. The minimum absolute atomic E-state index is 0.0417. The minimum Gasteiger partial charge on any atom is -0.341 e. The number of hydroxylamine groups is 1. The van der Waals surface area contributed by atoms with E-state index in [2.05, 4.69) is 15.4 Å². The molecule has 4 aromatic rings. The third-order valence-electron chi connectivity index (χ3n) is 5.41. The fourth-order valence-corrected chi connectivity index (χ4v) is 3.61. The van der Waals surface area contributed by atoms with Crippen LogP contribution in [0, 0.1) is 5.82 Å². The normalized spacial score (nSPS) is 11.5. The van der Waals surface area contributed by atoms with Crippen LogP contribution in [0.1, 0.15) is 22.8 Å². The summed E-state index contributed by atoms with van der Waals surface area (Å²) in [6, 6.07) is 18.6. The number of nitrogens with one attached hydrogen (secondary N) is 2. The number of carbonyl (C=O) groups is 3. The summed E-state index contributed by atoms with van der Waals surface area (Å²) in [5.41, 5.74) is 4.33. The van der Waals surface area contributed by atoms with E-state index in [0.29, 0.717) is 11.3 Å². The van der Waals surface area contributed by atoms with Gasteiger partial charge in [0.2, 0.25) is 5.78 Å². The molecule has 188 valence electrons. The number of amides is 2. The van der Waals surface area contributed by atoms with Gasteiger partial charge in [-0.2, -0.15) is 5.10 Å². The van der Waals surface area contributed by atoms with Crippen molar-refractivity contribution in [2.75, 3.05) is 6.61 Å². The van der Waals surface area contributed by atoms with E-state index >= 15 is 0 Å². The Morgan fingerprint density at radius 3 is 2.49 bits per heavy atom. The zero-order valence-corrected chi connectivity index (χ0v) is 19.9. The van der Waals surface area contributed by atoms with Crippen molar-refractivity contribution in [3.63, 3.8) is 0 Å². The third-order valence-corrected chi connectivity index (χ3v) is 5.41. The maximum absolute atomic E-state index is 13.4. The number of halogens is 1. The van der Waals surface area contributed by atoms with Crippen molar-refractivity contribution in [1.29, 1.82) is 0 Å². The number of hydrogen-bond donors (Lipinski definition) is 2. The summed E-state index contributed by atoms with van der Waals surface area (Å²) in [6.07, 6.45) is 3.16. The molecule has 10 heteroatoms. The van der Waals surface area contributed by atoms with E-state index in [1.54, 1.807) is 31.3 Å². The van der Waals surface area contributed by atoms with Crippen LogP contribution in [0.25, 0.3) is 17.1 Å². The molecule has 9 nitrogen and oxygen atoms in total. The van der Waals surface area contributed by atoms with Crippen molar-refractivity contribution in [2.24, 2.45) is 0 Å². The molecular formula is C27H24FN5O4. The number of nitrogens with zero attached hydrogens (tertiary/aromatic N) is 3. The van der Waals surface area contributed by atoms with E-state index in [4.69, 9.17) is 4.84 Å². The Bertz CT molecular complexity index is 1390. The Morgan fingerprint density at radius 1 is 1.00 bits per heavy atom. The fourth-order valence-electron chi connectivity index (χ4n) is 3.61. The maximum atomic E-state index is 13.4. The molecule has 1 atom stereocenters. The molecule has 4 rings (SSSR count). The van der Waals surface area contributed by atoms with Crippen molar-refractivity contribution in [3.05, 3.63) is 102 Å². The summed E-state index contributed by atoms with van der Waals surface area (Å²) in [6.45, 7) is 1.80. The average molecular weight is 502 g/mol. The van der Waals surface area contributed by atoms with Gasteiger partial charge in [-0.25, -0.2) is 19.5 Å². The maximum Gasteiger partial charge on any atom is 0.313 e. The SMILES string of the molecule is CCONC(=O)C(=O)[C@H](Cc1ccc(F)cc1)NC(=O)c1cccnc1-n1ccc(-c2ccccc2)n1.